The Hall–Kier alpha value is -2.09. The van der Waals surface area contributed by atoms with Gasteiger partial charge in [0.1, 0.15) is 22.5 Å². The summed E-state index contributed by atoms with van der Waals surface area (Å²) in [5.74, 6) is 1.24. The summed E-state index contributed by atoms with van der Waals surface area (Å²) in [5.41, 5.74) is 1.12. The quantitative estimate of drug-likeness (QED) is 0.901. The Kier molecular flexibility index (Phi) is 4.15. The molecule has 6 nitrogen and oxygen atoms in total. The van der Waals surface area contributed by atoms with Crippen LogP contribution in [0.1, 0.15) is 5.56 Å². The third-order valence-electron chi connectivity index (χ3n) is 4.61. The summed E-state index contributed by atoms with van der Waals surface area (Å²) >= 11 is 0. The van der Waals surface area contributed by atoms with Gasteiger partial charge in [-0.2, -0.15) is 0 Å². The molecule has 2 aliphatic rings. The summed E-state index contributed by atoms with van der Waals surface area (Å²) < 4.78 is 39.2. The van der Waals surface area contributed by atoms with E-state index in [1.54, 1.807) is 31.4 Å². The first-order chi connectivity index (χ1) is 12.0. The average molecular weight is 360 g/mol. The molecule has 7 heteroatoms. The Morgan fingerprint density at radius 2 is 2.04 bits per heavy atom. The van der Waals surface area contributed by atoms with Crippen molar-refractivity contribution in [2.45, 2.75) is 23.6 Å². The molecule has 1 N–H and O–H groups in total. The Labute approximate surface area is 147 Å². The van der Waals surface area contributed by atoms with Crippen LogP contribution in [-0.4, -0.2) is 45.7 Å². The summed E-state index contributed by atoms with van der Waals surface area (Å²) in [6.45, 7) is 1.99. The number of rotatable bonds is 3. The van der Waals surface area contributed by atoms with Crippen LogP contribution in [0.5, 0.6) is 11.5 Å². The molecule has 2 atom stereocenters. The molecule has 4 rings (SSSR count). The van der Waals surface area contributed by atoms with Gasteiger partial charge in [-0.15, -0.1) is 0 Å². The molecule has 0 spiro atoms. The smallest absolute Gasteiger partial charge is 0.244 e. The van der Waals surface area contributed by atoms with E-state index in [0.717, 1.165) is 17.9 Å². The zero-order valence-electron chi connectivity index (χ0n) is 13.9. The molecule has 25 heavy (non-hydrogen) atoms. The number of nitrogens with one attached hydrogen (secondary N) is 1. The van der Waals surface area contributed by atoms with Crippen LogP contribution in [0.25, 0.3) is 0 Å². The van der Waals surface area contributed by atoms with Crippen molar-refractivity contribution < 1.29 is 17.9 Å². The minimum atomic E-state index is -3.56. The summed E-state index contributed by atoms with van der Waals surface area (Å²) in [6, 6.07) is 14.4. The van der Waals surface area contributed by atoms with Crippen LogP contribution in [0.3, 0.4) is 0 Å². The lowest BCUT2D eigenvalue weighted by molar-refractivity contribution is 0.184. The third kappa shape index (κ3) is 3.22. The van der Waals surface area contributed by atoms with Crippen LogP contribution >= 0.6 is 0 Å². The molecule has 1 fully saturated rings. The Morgan fingerprint density at radius 3 is 2.88 bits per heavy atom. The normalized spacial score (nSPS) is 24.7. The highest BCUT2D eigenvalue weighted by Crippen LogP contribution is 2.31. The summed E-state index contributed by atoms with van der Waals surface area (Å²) in [6.07, 6.45) is -0.205. The number of para-hydroxylation sites is 1. The maximum Gasteiger partial charge on any atom is 0.244 e. The van der Waals surface area contributed by atoms with Crippen molar-refractivity contribution in [3.63, 3.8) is 0 Å². The minimum absolute atomic E-state index is 0.205. The highest BCUT2D eigenvalue weighted by atomic mass is 32.2. The van der Waals surface area contributed by atoms with Gasteiger partial charge in [0.05, 0.1) is 13.2 Å². The second-order valence-electron chi connectivity index (χ2n) is 6.38. The van der Waals surface area contributed by atoms with Crippen molar-refractivity contribution in [2.75, 3.05) is 20.2 Å². The fraction of sp³-hybridized carbons (Fsp3) is 0.333. The van der Waals surface area contributed by atoms with E-state index in [9.17, 15) is 8.42 Å². The van der Waals surface area contributed by atoms with Gasteiger partial charge in [0.25, 0.3) is 0 Å². The standard InChI is InChI=1S/C18H20N2O4S/c1-23-14-6-4-5-13(9-14)10-20-11-15-17(12-20)24-16-7-2-3-8-18(16)25(21,22)19-15/h2-9,15,17,19H,10-12H2,1H3. The minimum Gasteiger partial charge on any atom is -0.497 e. The van der Waals surface area contributed by atoms with Crippen LogP contribution in [-0.2, 0) is 16.6 Å². The number of nitrogens with zero attached hydrogens (tertiary/aromatic N) is 1. The molecule has 2 heterocycles. The summed E-state index contributed by atoms with van der Waals surface area (Å²) in [7, 11) is -1.92. The van der Waals surface area contributed by atoms with Gasteiger partial charge < -0.3 is 9.47 Å². The van der Waals surface area contributed by atoms with Crippen LogP contribution in [0.15, 0.2) is 53.4 Å². The van der Waals surface area contributed by atoms with Crippen molar-refractivity contribution in [1.82, 2.24) is 9.62 Å². The number of likely N-dealkylation sites (tertiary alicyclic amines) is 1. The Morgan fingerprint density at radius 1 is 1.20 bits per heavy atom. The maximum absolute atomic E-state index is 12.6. The van der Waals surface area contributed by atoms with Gasteiger partial charge in [0, 0.05) is 19.6 Å². The summed E-state index contributed by atoms with van der Waals surface area (Å²) in [5, 5.41) is 0. The van der Waals surface area contributed by atoms with Crippen molar-refractivity contribution >= 4 is 10.0 Å². The number of benzene rings is 2. The van der Waals surface area contributed by atoms with E-state index in [4.69, 9.17) is 9.47 Å². The zero-order chi connectivity index (χ0) is 17.4. The molecule has 2 unspecified atom stereocenters. The van der Waals surface area contributed by atoms with Gasteiger partial charge in [-0.3, -0.25) is 4.90 Å². The van der Waals surface area contributed by atoms with Gasteiger partial charge in [-0.25, -0.2) is 13.1 Å². The molecule has 0 aliphatic carbocycles. The topological polar surface area (TPSA) is 67.9 Å². The van der Waals surface area contributed by atoms with Crippen LogP contribution in [0, 0.1) is 0 Å². The van der Waals surface area contributed by atoms with Crippen molar-refractivity contribution in [2.24, 2.45) is 0 Å². The number of hydrogen-bond donors (Lipinski definition) is 1. The van der Waals surface area contributed by atoms with E-state index in [2.05, 4.69) is 9.62 Å². The van der Waals surface area contributed by atoms with Crippen LogP contribution in [0.2, 0.25) is 0 Å². The van der Waals surface area contributed by atoms with Gasteiger partial charge >= 0.3 is 0 Å². The van der Waals surface area contributed by atoms with Crippen molar-refractivity contribution in [3.05, 3.63) is 54.1 Å². The first kappa shape index (κ1) is 16.4. The fourth-order valence-corrected chi connectivity index (χ4v) is 4.83. The second-order valence-corrected chi connectivity index (χ2v) is 8.06. The molecule has 2 aromatic carbocycles. The van der Waals surface area contributed by atoms with E-state index < -0.39 is 10.0 Å². The van der Waals surface area contributed by atoms with Gasteiger partial charge in [0.2, 0.25) is 10.0 Å². The van der Waals surface area contributed by atoms with Crippen LogP contribution < -0.4 is 14.2 Å². The van der Waals surface area contributed by atoms with Gasteiger partial charge in [-0.1, -0.05) is 24.3 Å². The number of ether oxygens (including phenoxy) is 2. The fourth-order valence-electron chi connectivity index (χ4n) is 3.44. The average Bonchev–Trinajstić information content (AvgIpc) is 2.91. The van der Waals surface area contributed by atoms with E-state index in [-0.39, 0.29) is 17.0 Å². The molecule has 132 valence electrons. The van der Waals surface area contributed by atoms with Gasteiger partial charge in [0.15, 0.2) is 0 Å². The molecular weight excluding hydrogens is 340 g/mol. The van der Waals surface area contributed by atoms with Crippen molar-refractivity contribution in [1.29, 1.82) is 0 Å². The monoisotopic (exact) mass is 360 g/mol. The molecule has 0 aromatic heterocycles. The lowest BCUT2D eigenvalue weighted by Crippen LogP contribution is -2.42. The predicted molar refractivity (Wildman–Crippen MR) is 93.2 cm³/mol. The molecular formula is C18H20N2O4S. The Balaban J connectivity index is 1.54. The largest absolute Gasteiger partial charge is 0.497 e. The highest BCUT2D eigenvalue weighted by molar-refractivity contribution is 7.89. The molecule has 0 radical (unpaired) electrons. The lowest BCUT2D eigenvalue weighted by Gasteiger charge is -2.17. The SMILES string of the molecule is COc1cccc(CN2CC3NS(=O)(=O)c4ccccc4OC3C2)c1. The van der Waals surface area contributed by atoms with E-state index in [1.807, 2.05) is 24.3 Å². The molecule has 0 bridgehead atoms. The maximum atomic E-state index is 12.6. The first-order valence-electron chi connectivity index (χ1n) is 8.18. The van der Waals surface area contributed by atoms with Crippen LogP contribution in [0.4, 0.5) is 0 Å². The van der Waals surface area contributed by atoms with Gasteiger partial charge in [-0.05, 0) is 29.8 Å². The van der Waals surface area contributed by atoms with E-state index in [1.165, 1.54) is 0 Å². The molecule has 0 amide bonds. The lowest BCUT2D eigenvalue weighted by atomic mass is 10.2. The van der Waals surface area contributed by atoms with Crippen molar-refractivity contribution in [3.8, 4) is 11.5 Å². The molecule has 1 saturated heterocycles. The predicted octanol–water partition coefficient (Wildman–Crippen LogP) is 1.62. The summed E-state index contributed by atoms with van der Waals surface area (Å²) in [4.78, 5) is 2.41. The number of hydrogen-bond acceptors (Lipinski definition) is 5. The molecule has 0 saturated carbocycles. The van der Waals surface area contributed by atoms with E-state index in [0.29, 0.717) is 18.8 Å². The zero-order valence-corrected chi connectivity index (χ0v) is 14.7. The molecule has 2 aromatic rings. The number of methoxy groups -OCH3 is 1. The second kappa shape index (κ2) is 6.33. The highest BCUT2D eigenvalue weighted by Gasteiger charge is 2.40. The number of sulfonamides is 1. The number of fused-ring (bicyclic) bond motifs is 2. The first-order valence-corrected chi connectivity index (χ1v) is 9.67. The Bertz CT molecular complexity index is 884. The third-order valence-corrected chi connectivity index (χ3v) is 6.14. The van der Waals surface area contributed by atoms with E-state index >= 15 is 0 Å². The molecule has 2 aliphatic heterocycles.